The first kappa shape index (κ1) is 19.8. The molecule has 1 aliphatic rings. The van der Waals surface area contributed by atoms with Crippen LogP contribution in [0.15, 0.2) is 77.7 Å². The van der Waals surface area contributed by atoms with Gasteiger partial charge in [0.15, 0.2) is 11.5 Å². The van der Waals surface area contributed by atoms with Gasteiger partial charge in [-0.3, -0.25) is 9.10 Å². The Morgan fingerprint density at radius 1 is 0.967 bits per heavy atom. The quantitative estimate of drug-likeness (QED) is 0.649. The van der Waals surface area contributed by atoms with Crippen LogP contribution in [0.25, 0.3) is 0 Å². The first-order valence-corrected chi connectivity index (χ1v) is 10.8. The monoisotopic (exact) mass is 424 g/mol. The number of amides is 1. The molecule has 0 fully saturated rings. The van der Waals surface area contributed by atoms with E-state index in [0.717, 1.165) is 0 Å². The van der Waals surface area contributed by atoms with Gasteiger partial charge in [0.2, 0.25) is 6.79 Å². The van der Waals surface area contributed by atoms with Crippen molar-refractivity contribution in [3.05, 3.63) is 78.4 Å². The van der Waals surface area contributed by atoms with Gasteiger partial charge in [-0.05, 0) is 55.5 Å². The Bertz CT molecular complexity index is 1160. The summed E-state index contributed by atoms with van der Waals surface area (Å²) >= 11 is 0. The van der Waals surface area contributed by atoms with Crippen LogP contribution in [0.2, 0.25) is 0 Å². The van der Waals surface area contributed by atoms with Crippen molar-refractivity contribution in [2.24, 2.45) is 0 Å². The zero-order chi connectivity index (χ0) is 21.1. The molecule has 0 spiro atoms. The Morgan fingerprint density at radius 3 is 2.37 bits per heavy atom. The fraction of sp³-hybridized carbons (Fsp3) is 0.136. The van der Waals surface area contributed by atoms with Gasteiger partial charge in [-0.2, -0.15) is 0 Å². The van der Waals surface area contributed by atoms with Crippen molar-refractivity contribution in [2.75, 3.05) is 23.0 Å². The van der Waals surface area contributed by atoms with Gasteiger partial charge in [-0.15, -0.1) is 0 Å². The van der Waals surface area contributed by atoms with E-state index in [9.17, 15) is 13.2 Å². The number of anilines is 2. The number of benzene rings is 3. The molecule has 0 aromatic heterocycles. The topological polar surface area (TPSA) is 84.9 Å². The molecular formula is C22H20N2O5S. The highest BCUT2D eigenvalue weighted by Gasteiger charge is 2.23. The van der Waals surface area contributed by atoms with Crippen molar-refractivity contribution < 1.29 is 22.7 Å². The molecule has 154 valence electrons. The second kappa shape index (κ2) is 8.08. The summed E-state index contributed by atoms with van der Waals surface area (Å²) in [7, 11) is -3.68. The van der Waals surface area contributed by atoms with Crippen LogP contribution in [0.1, 0.15) is 17.3 Å². The van der Waals surface area contributed by atoms with E-state index in [2.05, 4.69) is 5.32 Å². The Kier molecular flexibility index (Phi) is 5.33. The molecule has 3 aromatic rings. The summed E-state index contributed by atoms with van der Waals surface area (Å²) in [5.41, 5.74) is 1.47. The molecule has 8 heteroatoms. The number of rotatable bonds is 6. The number of hydrogen-bond donors (Lipinski definition) is 1. The van der Waals surface area contributed by atoms with Gasteiger partial charge in [-0.1, -0.05) is 18.2 Å². The number of fused-ring (bicyclic) bond motifs is 1. The van der Waals surface area contributed by atoms with Gasteiger partial charge in [0.05, 0.1) is 10.6 Å². The number of nitrogens with one attached hydrogen (secondary N) is 1. The third kappa shape index (κ3) is 3.81. The lowest BCUT2D eigenvalue weighted by Crippen LogP contribution is -2.30. The summed E-state index contributed by atoms with van der Waals surface area (Å²) < 4.78 is 37.8. The number of sulfonamides is 1. The summed E-state index contributed by atoms with van der Waals surface area (Å²) in [5.74, 6) is 0.902. The van der Waals surface area contributed by atoms with E-state index in [0.29, 0.717) is 28.4 Å². The standard InChI is InChI=1S/C22H20N2O5S/c1-2-24(30(26,27)19-6-4-3-5-7-19)18-11-8-16(9-12-18)22(25)23-17-10-13-20-21(14-17)29-15-28-20/h3-14H,2,15H2,1H3,(H,23,25). The third-order valence-corrected chi connectivity index (χ3v) is 6.58. The van der Waals surface area contributed by atoms with Crippen molar-refractivity contribution >= 4 is 27.3 Å². The van der Waals surface area contributed by atoms with Gasteiger partial charge in [0, 0.05) is 23.9 Å². The molecule has 0 atom stereocenters. The minimum atomic E-state index is -3.68. The molecule has 0 saturated heterocycles. The summed E-state index contributed by atoms with van der Waals surface area (Å²) in [6, 6.07) is 19.9. The summed E-state index contributed by atoms with van der Waals surface area (Å²) in [6.45, 7) is 2.19. The normalized spacial score (nSPS) is 12.4. The molecule has 0 radical (unpaired) electrons. The first-order valence-electron chi connectivity index (χ1n) is 9.38. The van der Waals surface area contributed by atoms with Crippen LogP contribution in [0.5, 0.6) is 11.5 Å². The molecule has 3 aromatic carbocycles. The molecule has 1 heterocycles. The molecule has 7 nitrogen and oxygen atoms in total. The van der Waals surface area contributed by atoms with Gasteiger partial charge in [-0.25, -0.2) is 8.42 Å². The number of carbonyl (C=O) groups is 1. The van der Waals surface area contributed by atoms with Crippen LogP contribution in [-0.2, 0) is 10.0 Å². The van der Waals surface area contributed by atoms with E-state index < -0.39 is 10.0 Å². The largest absolute Gasteiger partial charge is 0.454 e. The summed E-state index contributed by atoms with van der Waals surface area (Å²) in [5, 5.41) is 2.80. The maximum Gasteiger partial charge on any atom is 0.264 e. The van der Waals surface area contributed by atoms with Crippen molar-refractivity contribution in [3.63, 3.8) is 0 Å². The van der Waals surface area contributed by atoms with Gasteiger partial charge in [0.25, 0.3) is 15.9 Å². The Morgan fingerprint density at radius 2 is 1.67 bits per heavy atom. The minimum absolute atomic E-state index is 0.161. The first-order chi connectivity index (χ1) is 14.5. The van der Waals surface area contributed by atoms with Crippen LogP contribution >= 0.6 is 0 Å². The van der Waals surface area contributed by atoms with Crippen molar-refractivity contribution in [2.45, 2.75) is 11.8 Å². The van der Waals surface area contributed by atoms with Crippen LogP contribution in [0.3, 0.4) is 0 Å². The second-order valence-corrected chi connectivity index (χ2v) is 8.41. The highest BCUT2D eigenvalue weighted by Crippen LogP contribution is 2.34. The van der Waals surface area contributed by atoms with Gasteiger partial charge >= 0.3 is 0 Å². The molecule has 0 unspecified atom stereocenters. The van der Waals surface area contributed by atoms with E-state index >= 15 is 0 Å². The molecular weight excluding hydrogens is 404 g/mol. The van der Waals surface area contributed by atoms with Crippen LogP contribution in [0.4, 0.5) is 11.4 Å². The predicted octanol–water partition coefficient (Wildman–Crippen LogP) is 3.88. The summed E-state index contributed by atoms with van der Waals surface area (Å²) in [4.78, 5) is 12.8. The lowest BCUT2D eigenvalue weighted by atomic mass is 10.2. The van der Waals surface area contributed by atoms with E-state index in [1.807, 2.05) is 0 Å². The maximum absolute atomic E-state index is 12.9. The molecule has 30 heavy (non-hydrogen) atoms. The zero-order valence-electron chi connectivity index (χ0n) is 16.2. The molecule has 1 amide bonds. The smallest absolute Gasteiger partial charge is 0.264 e. The Hall–Kier alpha value is -3.52. The number of ether oxygens (including phenoxy) is 2. The molecule has 1 aliphatic heterocycles. The second-order valence-electron chi connectivity index (χ2n) is 6.55. The number of hydrogen-bond acceptors (Lipinski definition) is 5. The van der Waals surface area contributed by atoms with Crippen molar-refractivity contribution in [3.8, 4) is 11.5 Å². The lowest BCUT2D eigenvalue weighted by molar-refractivity contribution is 0.102. The Labute approximate surface area is 174 Å². The van der Waals surface area contributed by atoms with E-state index in [1.165, 1.54) is 4.31 Å². The predicted molar refractivity (Wildman–Crippen MR) is 114 cm³/mol. The minimum Gasteiger partial charge on any atom is -0.454 e. The maximum atomic E-state index is 12.9. The highest BCUT2D eigenvalue weighted by molar-refractivity contribution is 7.92. The highest BCUT2D eigenvalue weighted by atomic mass is 32.2. The van der Waals surface area contributed by atoms with Crippen molar-refractivity contribution in [1.82, 2.24) is 0 Å². The molecule has 0 saturated carbocycles. The number of carbonyl (C=O) groups excluding carboxylic acids is 1. The van der Waals surface area contributed by atoms with E-state index in [4.69, 9.17) is 9.47 Å². The van der Waals surface area contributed by atoms with Crippen LogP contribution in [-0.4, -0.2) is 27.7 Å². The third-order valence-electron chi connectivity index (χ3n) is 4.67. The zero-order valence-corrected chi connectivity index (χ0v) is 17.1. The van der Waals surface area contributed by atoms with Crippen molar-refractivity contribution in [1.29, 1.82) is 0 Å². The average molecular weight is 424 g/mol. The fourth-order valence-corrected chi connectivity index (χ4v) is 4.66. The van der Waals surface area contributed by atoms with Crippen LogP contribution < -0.4 is 19.1 Å². The molecule has 1 N–H and O–H groups in total. The summed E-state index contributed by atoms with van der Waals surface area (Å²) in [6.07, 6.45) is 0. The van der Waals surface area contributed by atoms with Crippen LogP contribution in [0, 0.1) is 0 Å². The fourth-order valence-electron chi connectivity index (χ4n) is 3.17. The average Bonchev–Trinajstić information content (AvgIpc) is 3.23. The molecule has 0 bridgehead atoms. The number of nitrogens with zero attached hydrogens (tertiary/aromatic N) is 1. The van der Waals surface area contributed by atoms with E-state index in [-0.39, 0.29) is 24.1 Å². The SMILES string of the molecule is CCN(c1ccc(C(=O)Nc2ccc3c(c2)OCO3)cc1)S(=O)(=O)c1ccccc1. The molecule has 0 aliphatic carbocycles. The Balaban J connectivity index is 1.52. The molecule has 4 rings (SSSR count). The van der Waals surface area contributed by atoms with E-state index in [1.54, 1.807) is 79.7 Å². The van der Waals surface area contributed by atoms with Gasteiger partial charge < -0.3 is 14.8 Å². The van der Waals surface area contributed by atoms with Gasteiger partial charge in [0.1, 0.15) is 0 Å². The lowest BCUT2D eigenvalue weighted by Gasteiger charge is -2.23.